The molecule has 0 aliphatic heterocycles. The monoisotopic (exact) mass is 606 g/mol. The molecule has 0 radical (unpaired) electrons. The van der Waals surface area contributed by atoms with E-state index in [9.17, 15) is 0 Å². The van der Waals surface area contributed by atoms with Crippen molar-refractivity contribution in [1.29, 1.82) is 0 Å². The van der Waals surface area contributed by atoms with Gasteiger partial charge >= 0.3 is 0 Å². The van der Waals surface area contributed by atoms with Crippen LogP contribution in [0.5, 0.6) is 17.2 Å². The number of hydrogen-bond donors (Lipinski definition) is 1. The summed E-state index contributed by atoms with van der Waals surface area (Å²) >= 11 is 5.99. The number of ether oxygens (including phenoxy) is 3. The van der Waals surface area contributed by atoms with Crippen LogP contribution in [-0.2, 0) is 6.42 Å². The first-order chi connectivity index (χ1) is 21.0. The van der Waals surface area contributed by atoms with Crippen LogP contribution in [0.1, 0.15) is 46.1 Å². The van der Waals surface area contributed by atoms with Crippen LogP contribution in [0.3, 0.4) is 0 Å². The van der Waals surface area contributed by atoms with Gasteiger partial charge in [-0.1, -0.05) is 51.4 Å². The molecule has 0 bridgehead atoms. The third-order valence-corrected chi connectivity index (χ3v) is 8.03. The SMILES string of the molecule is CCN(CC)CCCOc1cc(OCCCN(CC)CC)c2nc(-c3ccc(OCCc4ccc(Cl)cc4)cc3)[nH]c2c1. The molecule has 0 saturated heterocycles. The number of rotatable bonds is 19. The van der Waals surface area contributed by atoms with Crippen molar-refractivity contribution < 1.29 is 14.2 Å². The summed E-state index contributed by atoms with van der Waals surface area (Å²) < 4.78 is 18.5. The van der Waals surface area contributed by atoms with E-state index in [1.165, 1.54) is 5.56 Å². The highest BCUT2D eigenvalue weighted by molar-refractivity contribution is 6.30. The summed E-state index contributed by atoms with van der Waals surface area (Å²) in [7, 11) is 0. The molecule has 3 aromatic carbocycles. The van der Waals surface area contributed by atoms with Gasteiger partial charge in [0.05, 0.1) is 25.3 Å². The molecular formula is C35H47ClN4O3. The minimum Gasteiger partial charge on any atom is -0.493 e. The van der Waals surface area contributed by atoms with Gasteiger partial charge in [-0.2, -0.15) is 0 Å². The normalized spacial score (nSPS) is 11.5. The Balaban J connectivity index is 1.44. The molecule has 43 heavy (non-hydrogen) atoms. The van der Waals surface area contributed by atoms with E-state index in [1.807, 2.05) is 60.7 Å². The van der Waals surface area contributed by atoms with Crippen molar-refractivity contribution in [3.8, 4) is 28.6 Å². The minimum absolute atomic E-state index is 0.596. The Labute approximate surface area is 262 Å². The number of benzene rings is 3. The maximum Gasteiger partial charge on any atom is 0.150 e. The predicted octanol–water partition coefficient (Wildman–Crippen LogP) is 7.73. The number of H-pyrrole nitrogens is 1. The van der Waals surface area contributed by atoms with Crippen molar-refractivity contribution >= 4 is 22.6 Å². The van der Waals surface area contributed by atoms with Gasteiger partial charge in [0.2, 0.25) is 0 Å². The zero-order chi connectivity index (χ0) is 30.4. The summed E-state index contributed by atoms with van der Waals surface area (Å²) in [4.78, 5) is 13.3. The summed E-state index contributed by atoms with van der Waals surface area (Å²) in [5.41, 5.74) is 3.90. The number of aromatic amines is 1. The molecule has 1 N–H and O–H groups in total. The quantitative estimate of drug-likeness (QED) is 0.110. The second-order valence-electron chi connectivity index (χ2n) is 10.6. The highest BCUT2D eigenvalue weighted by Gasteiger charge is 2.14. The van der Waals surface area contributed by atoms with Gasteiger partial charge in [-0.15, -0.1) is 0 Å². The van der Waals surface area contributed by atoms with E-state index in [4.69, 9.17) is 30.8 Å². The van der Waals surface area contributed by atoms with E-state index in [-0.39, 0.29) is 0 Å². The average molecular weight is 607 g/mol. The number of halogens is 1. The first-order valence-corrected chi connectivity index (χ1v) is 16.1. The molecule has 4 rings (SSSR count). The van der Waals surface area contributed by atoms with Crippen LogP contribution in [0.4, 0.5) is 0 Å². The van der Waals surface area contributed by atoms with Gasteiger partial charge in [0.1, 0.15) is 22.8 Å². The molecule has 1 heterocycles. The third kappa shape index (κ3) is 9.88. The highest BCUT2D eigenvalue weighted by Crippen LogP contribution is 2.33. The lowest BCUT2D eigenvalue weighted by atomic mass is 10.2. The van der Waals surface area contributed by atoms with Crippen molar-refractivity contribution in [3.63, 3.8) is 0 Å². The molecule has 232 valence electrons. The van der Waals surface area contributed by atoms with Crippen LogP contribution < -0.4 is 14.2 Å². The van der Waals surface area contributed by atoms with Crippen LogP contribution in [0, 0.1) is 0 Å². The van der Waals surface area contributed by atoms with Crippen molar-refractivity contribution in [3.05, 3.63) is 71.2 Å². The fourth-order valence-electron chi connectivity index (χ4n) is 5.07. The van der Waals surface area contributed by atoms with E-state index in [0.29, 0.717) is 19.8 Å². The molecule has 1 aromatic heterocycles. The van der Waals surface area contributed by atoms with E-state index in [2.05, 4.69) is 42.5 Å². The van der Waals surface area contributed by atoms with Gasteiger partial charge in [0.25, 0.3) is 0 Å². The Hall–Kier alpha value is -3.26. The Morgan fingerprint density at radius 1 is 0.698 bits per heavy atom. The molecule has 0 atom stereocenters. The van der Waals surface area contributed by atoms with E-state index in [1.54, 1.807) is 0 Å². The topological polar surface area (TPSA) is 62.9 Å². The summed E-state index contributed by atoms with van der Waals surface area (Å²) in [6, 6.07) is 19.9. The predicted molar refractivity (Wildman–Crippen MR) is 178 cm³/mol. The summed E-state index contributed by atoms with van der Waals surface area (Å²) in [6.45, 7) is 16.9. The van der Waals surface area contributed by atoms with E-state index >= 15 is 0 Å². The number of hydrogen-bond acceptors (Lipinski definition) is 6. The number of imidazole rings is 1. The number of fused-ring (bicyclic) bond motifs is 1. The molecule has 8 heteroatoms. The largest absolute Gasteiger partial charge is 0.493 e. The second-order valence-corrected chi connectivity index (χ2v) is 11.0. The summed E-state index contributed by atoms with van der Waals surface area (Å²) in [6.07, 6.45) is 2.75. The Kier molecular flexibility index (Phi) is 13.0. The number of nitrogens with one attached hydrogen (secondary N) is 1. The van der Waals surface area contributed by atoms with Gasteiger partial charge in [0, 0.05) is 42.2 Å². The number of aromatic nitrogens is 2. The first kappa shape index (κ1) is 32.6. The van der Waals surface area contributed by atoms with Crippen molar-refractivity contribution in [2.45, 2.75) is 47.0 Å². The van der Waals surface area contributed by atoms with Gasteiger partial charge in [-0.3, -0.25) is 0 Å². The molecule has 0 fully saturated rings. The zero-order valence-electron chi connectivity index (χ0n) is 26.2. The molecule has 0 aliphatic rings. The van der Waals surface area contributed by atoms with Gasteiger partial charge in [0.15, 0.2) is 5.75 Å². The fourth-order valence-corrected chi connectivity index (χ4v) is 5.19. The molecule has 7 nitrogen and oxygen atoms in total. The van der Waals surface area contributed by atoms with Crippen LogP contribution in [-0.4, -0.2) is 78.9 Å². The van der Waals surface area contributed by atoms with Crippen molar-refractivity contribution in [2.75, 3.05) is 59.1 Å². The molecule has 0 amide bonds. The minimum atomic E-state index is 0.596. The van der Waals surface area contributed by atoms with Crippen LogP contribution in [0.25, 0.3) is 22.4 Å². The zero-order valence-corrected chi connectivity index (χ0v) is 27.0. The molecular weight excluding hydrogens is 560 g/mol. The summed E-state index contributed by atoms with van der Waals surface area (Å²) in [5, 5.41) is 0.745. The van der Waals surface area contributed by atoms with Crippen LogP contribution in [0.15, 0.2) is 60.7 Å². The molecule has 0 unspecified atom stereocenters. The standard InChI is InChI=1S/C35H47ClN4O3/c1-5-39(6-2)20-9-22-41-31-25-32-34(33(26-31)43-23-10-21-40(7-3)8-4)38-35(37-32)28-13-17-30(18-14-28)42-24-19-27-11-15-29(36)16-12-27/h11-18,25-26H,5-10,19-24H2,1-4H3,(H,37,38). The lowest BCUT2D eigenvalue weighted by Crippen LogP contribution is -2.25. The molecule has 0 spiro atoms. The van der Waals surface area contributed by atoms with E-state index < -0.39 is 0 Å². The molecule has 0 aliphatic carbocycles. The maximum absolute atomic E-state index is 6.31. The molecule has 4 aromatic rings. The Morgan fingerprint density at radius 2 is 1.30 bits per heavy atom. The van der Waals surface area contributed by atoms with Crippen molar-refractivity contribution in [2.24, 2.45) is 0 Å². The van der Waals surface area contributed by atoms with E-state index in [0.717, 1.165) is 103 Å². The Bertz CT molecular complexity index is 1370. The first-order valence-electron chi connectivity index (χ1n) is 15.7. The highest BCUT2D eigenvalue weighted by atomic mass is 35.5. The van der Waals surface area contributed by atoms with Crippen molar-refractivity contribution in [1.82, 2.24) is 19.8 Å². The average Bonchev–Trinajstić information content (AvgIpc) is 3.47. The third-order valence-electron chi connectivity index (χ3n) is 7.78. The van der Waals surface area contributed by atoms with Crippen LogP contribution in [0.2, 0.25) is 5.02 Å². The molecule has 0 saturated carbocycles. The smallest absolute Gasteiger partial charge is 0.150 e. The summed E-state index contributed by atoms with van der Waals surface area (Å²) in [5.74, 6) is 3.16. The lowest BCUT2D eigenvalue weighted by Gasteiger charge is -2.18. The lowest BCUT2D eigenvalue weighted by molar-refractivity contribution is 0.243. The van der Waals surface area contributed by atoms with Gasteiger partial charge in [-0.05, 0) is 81.0 Å². The Morgan fingerprint density at radius 3 is 1.93 bits per heavy atom. The van der Waals surface area contributed by atoms with Gasteiger partial charge < -0.3 is 29.0 Å². The number of nitrogens with zero attached hydrogens (tertiary/aromatic N) is 3. The fraction of sp³-hybridized carbons (Fsp3) is 0.457. The second kappa shape index (κ2) is 17.1. The van der Waals surface area contributed by atoms with Gasteiger partial charge in [-0.25, -0.2) is 4.98 Å². The van der Waals surface area contributed by atoms with Crippen LogP contribution >= 0.6 is 11.6 Å². The maximum atomic E-state index is 6.31.